The van der Waals surface area contributed by atoms with Gasteiger partial charge in [0.15, 0.2) is 0 Å². The molecule has 3 aliphatic rings. The zero-order chi connectivity index (χ0) is 25.4. The van der Waals surface area contributed by atoms with Gasteiger partial charge in [0.2, 0.25) is 29.0 Å². The van der Waals surface area contributed by atoms with Gasteiger partial charge in [0.25, 0.3) is 0 Å². The van der Waals surface area contributed by atoms with Crippen molar-refractivity contribution in [3.63, 3.8) is 0 Å². The second-order valence-electron chi connectivity index (χ2n) is 9.79. The maximum atomic E-state index is 13.9. The molecular weight excluding hydrogens is 522 g/mol. The van der Waals surface area contributed by atoms with Gasteiger partial charge in [-0.25, -0.2) is 4.90 Å². The third kappa shape index (κ3) is 2.99. The Hall–Kier alpha value is -3.42. The Labute approximate surface area is 216 Å². The SMILES string of the molecule is CC(C)c1ccc([C@@H]2OC3(C(=O)c4ccccc4C3=O)[C@H]3C(=O)N(c4ccc(Br)cc4)C(=O)[C@H]23)cc1. The summed E-state index contributed by atoms with van der Waals surface area (Å²) in [7, 11) is 0. The molecule has 6 rings (SSSR count). The molecule has 0 radical (unpaired) electrons. The molecule has 0 saturated carbocycles. The summed E-state index contributed by atoms with van der Waals surface area (Å²) in [6.07, 6.45) is -0.921. The molecule has 180 valence electrons. The zero-order valence-corrected chi connectivity index (χ0v) is 21.2. The van der Waals surface area contributed by atoms with Crippen LogP contribution in [-0.2, 0) is 14.3 Å². The van der Waals surface area contributed by atoms with Crippen LogP contribution in [0.2, 0.25) is 0 Å². The fraction of sp³-hybridized carbons (Fsp3) is 0.241. The number of ketones is 2. The van der Waals surface area contributed by atoms with Gasteiger partial charge in [-0.1, -0.05) is 78.3 Å². The number of carbonyl (C=O) groups is 4. The molecule has 1 spiro atoms. The van der Waals surface area contributed by atoms with Crippen LogP contribution in [0.4, 0.5) is 5.69 Å². The lowest BCUT2D eigenvalue weighted by Gasteiger charge is -2.27. The molecule has 3 aromatic carbocycles. The Kier molecular flexibility index (Phi) is 5.14. The van der Waals surface area contributed by atoms with Crippen LogP contribution in [0.15, 0.2) is 77.3 Å². The first-order valence-corrected chi connectivity index (χ1v) is 12.6. The second kappa shape index (κ2) is 8.05. The van der Waals surface area contributed by atoms with Gasteiger partial charge in [0.1, 0.15) is 0 Å². The van der Waals surface area contributed by atoms with E-state index in [1.165, 1.54) is 0 Å². The fourth-order valence-electron chi connectivity index (χ4n) is 5.73. The van der Waals surface area contributed by atoms with Gasteiger partial charge < -0.3 is 4.74 Å². The Morgan fingerprint density at radius 2 is 1.39 bits per heavy atom. The number of anilines is 1. The second-order valence-corrected chi connectivity index (χ2v) is 10.7. The van der Waals surface area contributed by atoms with Gasteiger partial charge in [-0.3, -0.25) is 19.2 Å². The number of Topliss-reactive ketones (excluding diaryl/α,β-unsaturated/α-hetero) is 2. The van der Waals surface area contributed by atoms with E-state index in [9.17, 15) is 19.2 Å². The van der Waals surface area contributed by atoms with Gasteiger partial charge in [0.05, 0.1) is 23.6 Å². The number of ether oxygens (including phenoxy) is 1. The molecule has 1 aliphatic carbocycles. The predicted molar refractivity (Wildman–Crippen MR) is 136 cm³/mol. The van der Waals surface area contributed by atoms with Crippen molar-refractivity contribution in [2.75, 3.05) is 4.90 Å². The van der Waals surface area contributed by atoms with Crippen LogP contribution in [0.3, 0.4) is 0 Å². The van der Waals surface area contributed by atoms with E-state index in [2.05, 4.69) is 29.8 Å². The average Bonchev–Trinajstić information content (AvgIpc) is 3.45. The summed E-state index contributed by atoms with van der Waals surface area (Å²) >= 11 is 3.37. The van der Waals surface area contributed by atoms with Crippen LogP contribution in [-0.4, -0.2) is 29.0 Å². The summed E-state index contributed by atoms with van der Waals surface area (Å²) in [5.41, 5.74) is 0.531. The normalized spacial score (nSPS) is 24.2. The molecule has 0 bridgehead atoms. The molecule has 3 aromatic rings. The third-order valence-electron chi connectivity index (χ3n) is 7.54. The minimum absolute atomic E-state index is 0.222. The smallest absolute Gasteiger partial charge is 0.241 e. The van der Waals surface area contributed by atoms with Gasteiger partial charge in [0, 0.05) is 15.6 Å². The predicted octanol–water partition coefficient (Wildman–Crippen LogP) is 5.27. The van der Waals surface area contributed by atoms with E-state index < -0.39 is 46.9 Å². The molecule has 0 unspecified atom stereocenters. The van der Waals surface area contributed by atoms with Crippen molar-refractivity contribution in [2.24, 2.45) is 11.8 Å². The Bertz CT molecular complexity index is 1410. The summed E-state index contributed by atoms with van der Waals surface area (Å²) < 4.78 is 7.14. The summed E-state index contributed by atoms with van der Waals surface area (Å²) in [4.78, 5) is 56.5. The van der Waals surface area contributed by atoms with Crippen LogP contribution in [0.1, 0.15) is 57.7 Å². The van der Waals surface area contributed by atoms with Gasteiger partial charge in [-0.15, -0.1) is 0 Å². The van der Waals surface area contributed by atoms with Crippen LogP contribution in [0, 0.1) is 11.8 Å². The van der Waals surface area contributed by atoms with Gasteiger partial charge >= 0.3 is 0 Å². The number of amides is 2. The highest BCUT2D eigenvalue weighted by molar-refractivity contribution is 9.10. The number of imide groups is 1. The molecule has 2 fully saturated rings. The average molecular weight is 544 g/mol. The number of hydrogen-bond acceptors (Lipinski definition) is 5. The highest BCUT2D eigenvalue weighted by atomic mass is 79.9. The van der Waals surface area contributed by atoms with Crippen LogP contribution in [0.5, 0.6) is 0 Å². The lowest BCUT2D eigenvalue weighted by atomic mass is 9.77. The number of hydrogen-bond donors (Lipinski definition) is 0. The maximum Gasteiger partial charge on any atom is 0.241 e. The molecule has 2 saturated heterocycles. The largest absolute Gasteiger partial charge is 0.349 e. The van der Waals surface area contributed by atoms with Crippen LogP contribution in [0.25, 0.3) is 0 Å². The number of benzene rings is 3. The molecule has 36 heavy (non-hydrogen) atoms. The summed E-state index contributed by atoms with van der Waals surface area (Å²) in [6, 6.07) is 20.9. The molecule has 2 aliphatic heterocycles. The Morgan fingerprint density at radius 3 is 1.94 bits per heavy atom. The summed E-state index contributed by atoms with van der Waals surface area (Å²) in [5, 5.41) is 0. The minimum atomic E-state index is -2.06. The fourth-order valence-corrected chi connectivity index (χ4v) is 6.00. The van der Waals surface area contributed by atoms with E-state index >= 15 is 0 Å². The van der Waals surface area contributed by atoms with E-state index in [-0.39, 0.29) is 11.1 Å². The molecular formula is C29H22BrNO5. The van der Waals surface area contributed by atoms with Crippen molar-refractivity contribution in [2.45, 2.75) is 31.5 Å². The highest BCUT2D eigenvalue weighted by Crippen LogP contribution is 2.57. The first-order valence-electron chi connectivity index (χ1n) is 11.9. The third-order valence-corrected chi connectivity index (χ3v) is 8.06. The molecule has 7 heteroatoms. The van der Waals surface area contributed by atoms with E-state index in [1.54, 1.807) is 48.5 Å². The lowest BCUT2D eigenvalue weighted by molar-refractivity contribution is -0.127. The minimum Gasteiger partial charge on any atom is -0.349 e. The monoisotopic (exact) mass is 543 g/mol. The van der Waals surface area contributed by atoms with Crippen LogP contribution >= 0.6 is 15.9 Å². The number of rotatable bonds is 3. The summed E-state index contributed by atoms with van der Waals surface area (Å²) in [5.74, 6) is -4.14. The quantitative estimate of drug-likeness (QED) is 0.332. The summed E-state index contributed by atoms with van der Waals surface area (Å²) in [6.45, 7) is 4.16. The van der Waals surface area contributed by atoms with Crippen molar-refractivity contribution in [1.29, 1.82) is 0 Å². The van der Waals surface area contributed by atoms with Crippen molar-refractivity contribution in [1.82, 2.24) is 0 Å². The molecule has 0 aromatic heterocycles. The molecule has 6 nitrogen and oxygen atoms in total. The number of carbonyl (C=O) groups excluding carboxylic acids is 4. The number of nitrogens with zero attached hydrogens (tertiary/aromatic N) is 1. The van der Waals surface area contributed by atoms with E-state index in [0.717, 1.165) is 14.9 Å². The first-order chi connectivity index (χ1) is 17.3. The van der Waals surface area contributed by atoms with Crippen LogP contribution < -0.4 is 4.90 Å². The molecule has 2 amide bonds. The highest BCUT2D eigenvalue weighted by Gasteiger charge is 2.74. The van der Waals surface area contributed by atoms with Gasteiger partial charge in [-0.2, -0.15) is 0 Å². The van der Waals surface area contributed by atoms with E-state index in [1.807, 2.05) is 24.3 Å². The standard InChI is InChI=1S/C29H22BrNO5/c1-15(2)16-7-9-17(10-8-16)24-22-23(28(35)31(27(22)34)19-13-11-18(30)12-14-19)29(36-24)25(32)20-5-3-4-6-21(20)26(29)33/h3-15,22-24H,1-2H3/t22-,23+,24-/m0/s1. The Morgan fingerprint density at radius 1 is 0.806 bits per heavy atom. The zero-order valence-electron chi connectivity index (χ0n) is 19.6. The molecule has 2 heterocycles. The van der Waals surface area contributed by atoms with Crippen molar-refractivity contribution in [3.8, 4) is 0 Å². The lowest BCUT2D eigenvalue weighted by Crippen LogP contribution is -2.51. The van der Waals surface area contributed by atoms with Crippen molar-refractivity contribution >= 4 is 45.0 Å². The first kappa shape index (κ1) is 23.0. The maximum absolute atomic E-state index is 13.9. The number of halogens is 1. The molecule has 3 atom stereocenters. The van der Waals surface area contributed by atoms with Crippen molar-refractivity contribution in [3.05, 3.63) is 99.5 Å². The molecule has 0 N–H and O–H groups in total. The topological polar surface area (TPSA) is 80.8 Å². The van der Waals surface area contributed by atoms with E-state index in [0.29, 0.717) is 17.2 Å². The van der Waals surface area contributed by atoms with E-state index in [4.69, 9.17) is 4.74 Å². The Balaban J connectivity index is 1.52. The van der Waals surface area contributed by atoms with Gasteiger partial charge in [-0.05, 0) is 41.3 Å². The van der Waals surface area contributed by atoms with Crippen molar-refractivity contribution < 1.29 is 23.9 Å². The number of fused-ring (bicyclic) bond motifs is 3.